The Bertz CT molecular complexity index is 523. The van der Waals surface area contributed by atoms with Crippen LogP contribution in [0.2, 0.25) is 5.15 Å². The van der Waals surface area contributed by atoms with Gasteiger partial charge in [0.1, 0.15) is 0 Å². The lowest BCUT2D eigenvalue weighted by atomic mass is 10.2. The molecule has 1 N–H and O–H groups in total. The highest BCUT2D eigenvalue weighted by molar-refractivity contribution is 6.30. The first-order chi connectivity index (χ1) is 8.71. The zero-order valence-corrected chi connectivity index (χ0v) is 10.9. The second kappa shape index (κ2) is 4.53. The first kappa shape index (κ1) is 13.9. The molecule has 0 saturated carbocycles. The Kier molecular flexibility index (Phi) is 3.31. The summed E-state index contributed by atoms with van der Waals surface area (Å²) in [5, 5.41) is 16.3. The van der Waals surface area contributed by atoms with E-state index in [9.17, 15) is 18.7 Å². The molecule has 1 fully saturated rings. The predicted molar refractivity (Wildman–Crippen MR) is 63.1 cm³/mol. The molecule has 0 aromatic carbocycles. The SMILES string of the molecule is CN1CC(O)N(c2cc(C(C)(F)F)c(Cl)nn2)C1=O. The summed E-state index contributed by atoms with van der Waals surface area (Å²) in [6, 6.07) is 0.407. The summed E-state index contributed by atoms with van der Waals surface area (Å²) in [7, 11) is 1.48. The van der Waals surface area contributed by atoms with Crippen LogP contribution in [0.4, 0.5) is 19.4 Å². The molecule has 1 aromatic rings. The summed E-state index contributed by atoms with van der Waals surface area (Å²) < 4.78 is 26.6. The molecule has 0 radical (unpaired) electrons. The molecule has 1 aromatic heterocycles. The van der Waals surface area contributed by atoms with Crippen molar-refractivity contribution < 1.29 is 18.7 Å². The fourth-order valence-corrected chi connectivity index (χ4v) is 2.02. The standard InChI is InChI=1S/C10H11ClF2N4O2/c1-10(12,13)5-3-6(14-15-8(5)11)17-7(18)4-16(2)9(17)19/h3,7,18H,4H2,1-2H3. The molecule has 2 rings (SSSR count). The maximum atomic E-state index is 13.3. The van der Waals surface area contributed by atoms with E-state index in [1.165, 1.54) is 11.9 Å². The highest BCUT2D eigenvalue weighted by atomic mass is 35.5. The van der Waals surface area contributed by atoms with E-state index in [1.807, 2.05) is 0 Å². The molecule has 1 atom stereocenters. The number of carbonyl (C=O) groups is 1. The topological polar surface area (TPSA) is 69.6 Å². The number of carbonyl (C=O) groups excluding carboxylic acids is 1. The first-order valence-electron chi connectivity index (χ1n) is 5.35. The summed E-state index contributed by atoms with van der Waals surface area (Å²) in [5.41, 5.74) is -0.547. The van der Waals surface area contributed by atoms with Crippen molar-refractivity contribution in [2.24, 2.45) is 0 Å². The smallest absolute Gasteiger partial charge is 0.327 e. The molecule has 9 heteroatoms. The van der Waals surface area contributed by atoms with Gasteiger partial charge in [-0.05, 0) is 6.07 Å². The molecule has 0 aliphatic carbocycles. The van der Waals surface area contributed by atoms with Crippen molar-refractivity contribution in [3.63, 3.8) is 0 Å². The minimum absolute atomic E-state index is 0.0565. The summed E-state index contributed by atoms with van der Waals surface area (Å²) in [4.78, 5) is 13.9. The Labute approximate surface area is 112 Å². The monoisotopic (exact) mass is 292 g/mol. The lowest BCUT2D eigenvalue weighted by Gasteiger charge is -2.19. The average molecular weight is 293 g/mol. The Hall–Kier alpha value is -1.54. The molecule has 104 valence electrons. The lowest BCUT2D eigenvalue weighted by Crippen LogP contribution is -2.35. The van der Waals surface area contributed by atoms with Gasteiger partial charge in [-0.15, -0.1) is 10.2 Å². The van der Waals surface area contributed by atoms with Gasteiger partial charge in [0.25, 0.3) is 5.92 Å². The van der Waals surface area contributed by atoms with E-state index in [0.29, 0.717) is 6.92 Å². The average Bonchev–Trinajstić information content (AvgIpc) is 2.53. The number of amides is 2. The number of hydrogen-bond acceptors (Lipinski definition) is 4. The lowest BCUT2D eigenvalue weighted by molar-refractivity contribution is 0.0171. The highest BCUT2D eigenvalue weighted by Crippen LogP contribution is 2.34. The number of halogens is 3. The number of anilines is 1. The molecule has 19 heavy (non-hydrogen) atoms. The van der Waals surface area contributed by atoms with Crippen LogP contribution < -0.4 is 4.90 Å². The third-order valence-electron chi connectivity index (χ3n) is 2.72. The molecule has 1 saturated heterocycles. The zero-order valence-electron chi connectivity index (χ0n) is 10.1. The van der Waals surface area contributed by atoms with Gasteiger partial charge in [0.05, 0.1) is 12.1 Å². The normalized spacial score (nSPS) is 20.3. The van der Waals surface area contributed by atoms with E-state index < -0.39 is 28.9 Å². The fraction of sp³-hybridized carbons (Fsp3) is 0.500. The summed E-state index contributed by atoms with van der Waals surface area (Å²) >= 11 is 5.56. The van der Waals surface area contributed by atoms with Crippen molar-refractivity contribution in [3.05, 3.63) is 16.8 Å². The maximum Gasteiger partial charge on any atom is 0.327 e. The number of aliphatic hydroxyl groups excluding tert-OH is 1. The largest absolute Gasteiger partial charge is 0.371 e. The van der Waals surface area contributed by atoms with Gasteiger partial charge in [-0.1, -0.05) is 11.6 Å². The molecule has 1 aliphatic heterocycles. The quantitative estimate of drug-likeness (QED) is 0.895. The van der Waals surface area contributed by atoms with Gasteiger partial charge < -0.3 is 10.0 Å². The van der Waals surface area contributed by atoms with Crippen LogP contribution >= 0.6 is 11.6 Å². The van der Waals surface area contributed by atoms with Crippen LogP contribution in [0, 0.1) is 0 Å². The third kappa shape index (κ3) is 2.45. The van der Waals surface area contributed by atoms with Gasteiger partial charge in [0.2, 0.25) is 0 Å². The number of β-amino-alcohol motifs (C(OH)–C–C–N with tert-alkyl or cyclic N) is 1. The van der Waals surface area contributed by atoms with Gasteiger partial charge in [-0.25, -0.2) is 18.5 Å². The molecular formula is C10H11ClF2N4O2. The maximum absolute atomic E-state index is 13.3. The number of urea groups is 1. The number of hydrogen-bond donors (Lipinski definition) is 1. The first-order valence-corrected chi connectivity index (χ1v) is 5.73. The number of nitrogens with zero attached hydrogens (tertiary/aromatic N) is 4. The van der Waals surface area contributed by atoms with Gasteiger partial charge in [0, 0.05) is 14.0 Å². The van der Waals surface area contributed by atoms with Crippen molar-refractivity contribution in [2.45, 2.75) is 19.1 Å². The van der Waals surface area contributed by atoms with Gasteiger partial charge >= 0.3 is 6.03 Å². The van der Waals surface area contributed by atoms with E-state index in [2.05, 4.69) is 10.2 Å². The fourth-order valence-electron chi connectivity index (χ4n) is 1.76. The van der Waals surface area contributed by atoms with E-state index in [1.54, 1.807) is 0 Å². The second-order valence-corrected chi connectivity index (χ2v) is 4.67. The molecule has 0 bridgehead atoms. The molecule has 6 nitrogen and oxygen atoms in total. The molecule has 2 heterocycles. The van der Waals surface area contributed by atoms with E-state index >= 15 is 0 Å². The van der Waals surface area contributed by atoms with Crippen LogP contribution in [0.5, 0.6) is 0 Å². The Morgan fingerprint density at radius 1 is 1.53 bits per heavy atom. The van der Waals surface area contributed by atoms with Crippen LogP contribution in [0.15, 0.2) is 6.07 Å². The number of aromatic nitrogens is 2. The van der Waals surface area contributed by atoms with E-state index in [4.69, 9.17) is 11.6 Å². The van der Waals surface area contributed by atoms with Crippen molar-refractivity contribution in [1.82, 2.24) is 15.1 Å². The summed E-state index contributed by atoms with van der Waals surface area (Å²) in [6.45, 7) is 0.717. The number of aliphatic hydroxyl groups is 1. The minimum Gasteiger partial charge on any atom is -0.371 e. The molecule has 2 amide bonds. The van der Waals surface area contributed by atoms with Gasteiger partial charge in [-0.2, -0.15) is 0 Å². The third-order valence-corrected chi connectivity index (χ3v) is 3.00. The van der Waals surface area contributed by atoms with Crippen molar-refractivity contribution in [1.29, 1.82) is 0 Å². The zero-order chi connectivity index (χ0) is 14.4. The minimum atomic E-state index is -3.22. The predicted octanol–water partition coefficient (Wildman–Crippen LogP) is 1.43. The van der Waals surface area contributed by atoms with Crippen LogP contribution in [0.1, 0.15) is 12.5 Å². The Balaban J connectivity index is 2.45. The van der Waals surface area contributed by atoms with Gasteiger partial charge in [-0.3, -0.25) is 0 Å². The van der Waals surface area contributed by atoms with Crippen LogP contribution in [0.25, 0.3) is 0 Å². The highest BCUT2D eigenvalue weighted by Gasteiger charge is 2.38. The van der Waals surface area contributed by atoms with Crippen molar-refractivity contribution >= 4 is 23.4 Å². The van der Waals surface area contributed by atoms with Crippen LogP contribution in [0.3, 0.4) is 0 Å². The van der Waals surface area contributed by atoms with E-state index in [0.717, 1.165) is 11.0 Å². The molecule has 1 unspecified atom stereocenters. The Morgan fingerprint density at radius 3 is 2.63 bits per heavy atom. The van der Waals surface area contributed by atoms with E-state index in [-0.39, 0.29) is 12.4 Å². The summed E-state index contributed by atoms with van der Waals surface area (Å²) in [6.07, 6.45) is -1.16. The van der Waals surface area contributed by atoms with Gasteiger partial charge in [0.15, 0.2) is 17.2 Å². The summed E-state index contributed by atoms with van der Waals surface area (Å²) in [5.74, 6) is -3.38. The van der Waals surface area contributed by atoms with Crippen LogP contribution in [-0.2, 0) is 5.92 Å². The van der Waals surface area contributed by atoms with Crippen molar-refractivity contribution in [2.75, 3.05) is 18.5 Å². The number of rotatable bonds is 2. The van der Waals surface area contributed by atoms with Crippen molar-refractivity contribution in [3.8, 4) is 0 Å². The molecular weight excluding hydrogens is 282 g/mol. The number of likely N-dealkylation sites (N-methyl/N-ethyl adjacent to an activating group) is 1. The molecule has 1 aliphatic rings. The Morgan fingerprint density at radius 2 is 2.16 bits per heavy atom. The second-order valence-electron chi connectivity index (χ2n) is 4.31. The number of alkyl halides is 2. The van der Waals surface area contributed by atoms with Crippen LogP contribution in [-0.4, -0.2) is 46.1 Å². The molecule has 0 spiro atoms.